The van der Waals surface area contributed by atoms with Gasteiger partial charge in [0, 0.05) is 13.0 Å². The molecule has 0 spiro atoms. The number of phenols is 1. The Morgan fingerprint density at radius 1 is 0.860 bits per heavy atom. The number of phenolic OH excluding ortho intramolecular Hbond substituents is 1. The number of aliphatic hydroxyl groups is 1. The maximum absolute atomic E-state index is 13.5. The smallest absolute Gasteiger partial charge is 0.249 e. The van der Waals surface area contributed by atoms with Gasteiger partial charge in [-0.15, -0.1) is 0 Å². The number of carbonyl (C=O) groups excluding carboxylic acids is 4. The molecule has 0 radical (unpaired) electrons. The Hall–Kier alpha value is -4.45. The van der Waals surface area contributed by atoms with Crippen LogP contribution in [0.3, 0.4) is 0 Å². The van der Waals surface area contributed by atoms with Gasteiger partial charge in [-0.05, 0) is 61.3 Å². The van der Waals surface area contributed by atoms with Gasteiger partial charge in [-0.25, -0.2) is 0 Å². The zero-order valence-corrected chi connectivity index (χ0v) is 24.7. The molecule has 9 N–H and O–H groups in total. The van der Waals surface area contributed by atoms with Crippen molar-refractivity contribution < 1.29 is 29.4 Å². The normalized spacial score (nSPS) is 13.7. The van der Waals surface area contributed by atoms with Gasteiger partial charge in [0.2, 0.25) is 17.7 Å². The van der Waals surface area contributed by atoms with E-state index in [0.29, 0.717) is 44.1 Å². The van der Waals surface area contributed by atoms with Crippen LogP contribution in [0.15, 0.2) is 59.6 Å². The number of nitrogens with two attached hydrogens (primary N) is 2. The van der Waals surface area contributed by atoms with Crippen LogP contribution in [-0.2, 0) is 32.0 Å². The third kappa shape index (κ3) is 13.4. The number of benzene rings is 2. The predicted octanol–water partition coefficient (Wildman–Crippen LogP) is 0.681. The first-order chi connectivity index (χ1) is 20.5. The molecule has 4 atom stereocenters. The molecule has 0 aliphatic heterocycles. The molecular formula is C31H44N6O6. The van der Waals surface area contributed by atoms with Crippen LogP contribution in [0, 0.1) is 5.92 Å². The second kappa shape index (κ2) is 18.2. The highest BCUT2D eigenvalue weighted by Gasteiger charge is 2.29. The fraction of sp³-hybridized carbons (Fsp3) is 0.452. The van der Waals surface area contributed by atoms with Gasteiger partial charge in [0.25, 0.3) is 0 Å². The highest BCUT2D eigenvalue weighted by molar-refractivity contribution is 5.93. The number of nitrogens with zero attached hydrogens (tertiary/aromatic N) is 1. The van der Waals surface area contributed by atoms with Crippen molar-refractivity contribution in [3.63, 3.8) is 0 Å². The number of hydrogen-bond acceptors (Lipinski definition) is 7. The summed E-state index contributed by atoms with van der Waals surface area (Å²) in [7, 11) is 0. The van der Waals surface area contributed by atoms with Gasteiger partial charge in [-0.1, -0.05) is 56.3 Å². The predicted molar refractivity (Wildman–Crippen MR) is 164 cm³/mol. The number of rotatable bonds is 18. The van der Waals surface area contributed by atoms with Crippen molar-refractivity contribution in [1.82, 2.24) is 16.0 Å². The van der Waals surface area contributed by atoms with Crippen LogP contribution in [0.4, 0.5) is 0 Å². The first-order valence-electron chi connectivity index (χ1n) is 14.4. The third-order valence-corrected chi connectivity index (χ3v) is 6.67. The molecule has 0 aliphatic carbocycles. The Balaban J connectivity index is 2.14. The van der Waals surface area contributed by atoms with Gasteiger partial charge in [-0.3, -0.25) is 19.4 Å². The second-order valence-electron chi connectivity index (χ2n) is 10.9. The molecule has 0 saturated carbocycles. The van der Waals surface area contributed by atoms with Crippen LogP contribution in [0.5, 0.6) is 5.75 Å². The van der Waals surface area contributed by atoms with Gasteiger partial charge < -0.3 is 42.4 Å². The van der Waals surface area contributed by atoms with E-state index in [-0.39, 0.29) is 30.5 Å². The van der Waals surface area contributed by atoms with Crippen molar-refractivity contribution in [1.29, 1.82) is 0 Å². The Kier molecular flexibility index (Phi) is 14.7. The zero-order valence-electron chi connectivity index (χ0n) is 24.7. The lowest BCUT2D eigenvalue weighted by atomic mass is 10.00. The maximum atomic E-state index is 13.5. The Morgan fingerprint density at radius 2 is 1.49 bits per heavy atom. The molecule has 2 aromatic rings. The summed E-state index contributed by atoms with van der Waals surface area (Å²) in [6.45, 7) is 4.09. The molecule has 0 fully saturated rings. The summed E-state index contributed by atoms with van der Waals surface area (Å²) < 4.78 is 0. The van der Waals surface area contributed by atoms with Crippen molar-refractivity contribution in [3.05, 3.63) is 65.7 Å². The van der Waals surface area contributed by atoms with Crippen LogP contribution in [0.1, 0.15) is 50.7 Å². The summed E-state index contributed by atoms with van der Waals surface area (Å²) in [6, 6.07) is 12.7. The van der Waals surface area contributed by atoms with Crippen molar-refractivity contribution in [2.24, 2.45) is 22.4 Å². The van der Waals surface area contributed by atoms with Gasteiger partial charge in [0.05, 0.1) is 6.04 Å². The molecule has 2 aromatic carbocycles. The van der Waals surface area contributed by atoms with Gasteiger partial charge >= 0.3 is 0 Å². The molecular weight excluding hydrogens is 552 g/mol. The van der Waals surface area contributed by atoms with E-state index in [1.165, 1.54) is 12.1 Å². The monoisotopic (exact) mass is 596 g/mol. The lowest BCUT2D eigenvalue weighted by molar-refractivity contribution is -0.135. The number of guanidine groups is 1. The van der Waals surface area contributed by atoms with E-state index < -0.39 is 42.0 Å². The number of aliphatic hydroxyl groups excluding tert-OH is 1. The number of aryl methyl sites for hydroxylation is 1. The highest BCUT2D eigenvalue weighted by Crippen LogP contribution is 2.13. The molecule has 12 heteroatoms. The Morgan fingerprint density at radius 3 is 2.09 bits per heavy atom. The average molecular weight is 597 g/mol. The molecule has 3 amide bonds. The molecule has 43 heavy (non-hydrogen) atoms. The standard InChI is InChI=1S/C31H44N6O6/c1-20(2)17-26(29(42)35-23(19-38)9-6-16-34-31(32)33)37-28(41)25(15-12-21-7-4-3-5-8-21)36-30(43)27(40)18-22-10-13-24(39)14-11-22/h3-5,7-8,10-11,13-14,19-20,23,25-27,39-40H,6,9,12,15-18H2,1-2H3,(H,35,42)(H,36,43)(H,37,41)(H4,32,33,34)/t23?,25?,26-,27?/m0/s1. The molecule has 0 aromatic heterocycles. The molecule has 12 nitrogen and oxygen atoms in total. The number of aliphatic imine (C=N–C) groups is 1. The van der Waals surface area contributed by atoms with E-state index >= 15 is 0 Å². The van der Waals surface area contributed by atoms with E-state index in [2.05, 4.69) is 20.9 Å². The fourth-order valence-corrected chi connectivity index (χ4v) is 4.39. The van der Waals surface area contributed by atoms with Crippen LogP contribution >= 0.6 is 0 Å². The van der Waals surface area contributed by atoms with Crippen LogP contribution < -0.4 is 27.4 Å². The van der Waals surface area contributed by atoms with Crippen molar-refractivity contribution >= 4 is 30.0 Å². The summed E-state index contributed by atoms with van der Waals surface area (Å²) in [5, 5.41) is 28.1. The molecule has 234 valence electrons. The van der Waals surface area contributed by atoms with Gasteiger partial charge in [0.1, 0.15) is 30.2 Å². The van der Waals surface area contributed by atoms with Crippen molar-refractivity contribution in [3.8, 4) is 5.75 Å². The summed E-state index contributed by atoms with van der Waals surface area (Å²) in [5.74, 6) is -1.83. The van der Waals surface area contributed by atoms with Crippen LogP contribution in [0.25, 0.3) is 0 Å². The summed E-state index contributed by atoms with van der Waals surface area (Å²) >= 11 is 0. The SMILES string of the molecule is CC(C)C[C@H](NC(=O)C(CCc1ccccc1)NC(=O)C(O)Cc1ccc(O)cc1)C(=O)NC(C=O)CCCN=C(N)N. The number of carbonyl (C=O) groups is 4. The van der Waals surface area contributed by atoms with Gasteiger partial charge in [0.15, 0.2) is 5.96 Å². The lowest BCUT2D eigenvalue weighted by Gasteiger charge is -2.26. The molecule has 0 bridgehead atoms. The zero-order chi connectivity index (χ0) is 31.8. The van der Waals surface area contributed by atoms with Crippen LogP contribution in [-0.4, -0.2) is 71.0 Å². The second-order valence-corrected chi connectivity index (χ2v) is 10.9. The van der Waals surface area contributed by atoms with E-state index in [1.807, 2.05) is 44.2 Å². The van der Waals surface area contributed by atoms with E-state index in [0.717, 1.165) is 5.56 Å². The molecule has 3 unspecified atom stereocenters. The van der Waals surface area contributed by atoms with E-state index in [1.54, 1.807) is 12.1 Å². The third-order valence-electron chi connectivity index (χ3n) is 6.67. The molecule has 0 aliphatic rings. The summed E-state index contributed by atoms with van der Waals surface area (Å²) in [6.07, 6.45) is 0.890. The number of aromatic hydroxyl groups is 1. The number of hydrogen-bond donors (Lipinski definition) is 7. The average Bonchev–Trinajstić information content (AvgIpc) is 2.97. The van der Waals surface area contributed by atoms with E-state index in [4.69, 9.17) is 11.5 Å². The first kappa shape index (κ1) is 34.7. The van der Waals surface area contributed by atoms with E-state index in [9.17, 15) is 29.4 Å². The quantitative estimate of drug-likeness (QED) is 0.0562. The molecule has 0 saturated heterocycles. The van der Waals surface area contributed by atoms with Crippen molar-refractivity contribution in [2.75, 3.05) is 6.54 Å². The highest BCUT2D eigenvalue weighted by atomic mass is 16.3. The minimum absolute atomic E-state index is 0.0201. The lowest BCUT2D eigenvalue weighted by Crippen LogP contribution is -2.56. The topological polar surface area (TPSA) is 209 Å². The van der Waals surface area contributed by atoms with Gasteiger partial charge in [-0.2, -0.15) is 0 Å². The largest absolute Gasteiger partial charge is 0.508 e. The Bertz CT molecular complexity index is 1200. The van der Waals surface area contributed by atoms with Crippen LogP contribution in [0.2, 0.25) is 0 Å². The molecule has 0 heterocycles. The van der Waals surface area contributed by atoms with Crippen molar-refractivity contribution in [2.45, 2.75) is 76.6 Å². The maximum Gasteiger partial charge on any atom is 0.249 e. The first-order valence-corrected chi connectivity index (χ1v) is 14.4. The number of amides is 3. The fourth-order valence-electron chi connectivity index (χ4n) is 4.39. The Labute approximate surface area is 252 Å². The summed E-state index contributed by atoms with van der Waals surface area (Å²) in [5.41, 5.74) is 12.2. The summed E-state index contributed by atoms with van der Waals surface area (Å²) in [4.78, 5) is 55.2. The number of nitrogens with one attached hydrogen (secondary N) is 3. The minimum Gasteiger partial charge on any atom is -0.508 e. The minimum atomic E-state index is -1.45. The molecule has 2 rings (SSSR count). The number of aldehydes is 1.